The van der Waals surface area contributed by atoms with Crippen molar-refractivity contribution in [1.29, 1.82) is 5.26 Å². The number of fused-ring (bicyclic) bond motifs is 1. The molecule has 0 bridgehead atoms. The Balaban J connectivity index is 1.52. The van der Waals surface area contributed by atoms with Crippen LogP contribution in [0.3, 0.4) is 0 Å². The topological polar surface area (TPSA) is 86.4 Å². The predicted octanol–water partition coefficient (Wildman–Crippen LogP) is 6.43. The summed E-state index contributed by atoms with van der Waals surface area (Å²) in [6.07, 6.45) is 6.52. The molecule has 0 aliphatic carbocycles. The normalized spacial score (nSPS) is 15.4. The molecule has 0 amide bonds. The SMILES string of the molecule is N#Cc1cc(Oc2c(F)cc3c(ncn3C3CCCCO3)c2/C=C/C(=O)OCc2ccccc2)ccc1F. The fourth-order valence-corrected chi connectivity index (χ4v) is 4.27. The van der Waals surface area contributed by atoms with Crippen LogP contribution in [-0.2, 0) is 20.9 Å². The number of halogens is 2. The first-order valence-electron chi connectivity index (χ1n) is 12.1. The lowest BCUT2D eigenvalue weighted by atomic mass is 10.1. The van der Waals surface area contributed by atoms with E-state index in [0.29, 0.717) is 17.6 Å². The molecule has 4 aromatic rings. The quantitative estimate of drug-likeness (QED) is 0.208. The fraction of sp³-hybridized carbons (Fsp3) is 0.207. The number of hydrogen-bond donors (Lipinski definition) is 0. The number of imidazole rings is 1. The van der Waals surface area contributed by atoms with Gasteiger partial charge in [0.15, 0.2) is 11.6 Å². The van der Waals surface area contributed by atoms with Gasteiger partial charge in [0.05, 0.1) is 22.9 Å². The van der Waals surface area contributed by atoms with Crippen LogP contribution in [0, 0.1) is 23.0 Å². The van der Waals surface area contributed by atoms with Crippen LogP contribution >= 0.6 is 0 Å². The number of ether oxygens (including phenoxy) is 3. The fourth-order valence-electron chi connectivity index (χ4n) is 4.27. The number of nitriles is 1. The molecule has 1 saturated heterocycles. The van der Waals surface area contributed by atoms with Gasteiger partial charge in [0.1, 0.15) is 30.5 Å². The van der Waals surface area contributed by atoms with Crippen molar-refractivity contribution < 1.29 is 27.8 Å². The zero-order valence-corrected chi connectivity index (χ0v) is 20.3. The molecular formula is C29H23F2N3O4. The lowest BCUT2D eigenvalue weighted by molar-refractivity contribution is -0.138. The molecular weight excluding hydrogens is 492 g/mol. The highest BCUT2D eigenvalue weighted by molar-refractivity contribution is 5.94. The van der Waals surface area contributed by atoms with Crippen LogP contribution in [0.4, 0.5) is 8.78 Å². The summed E-state index contributed by atoms with van der Waals surface area (Å²) in [4.78, 5) is 17.0. The average Bonchev–Trinajstić information content (AvgIpc) is 3.37. The summed E-state index contributed by atoms with van der Waals surface area (Å²) < 4.78 is 48.1. The molecule has 192 valence electrons. The Labute approximate surface area is 217 Å². The van der Waals surface area contributed by atoms with Gasteiger partial charge < -0.3 is 18.8 Å². The third kappa shape index (κ3) is 5.41. The van der Waals surface area contributed by atoms with Crippen LogP contribution in [0.25, 0.3) is 17.1 Å². The smallest absolute Gasteiger partial charge is 0.331 e. The Kier molecular flexibility index (Phi) is 7.43. The molecule has 1 aliphatic heterocycles. The number of nitrogens with zero attached hydrogens (tertiary/aromatic N) is 3. The summed E-state index contributed by atoms with van der Waals surface area (Å²) >= 11 is 0. The maximum absolute atomic E-state index is 15.5. The van der Waals surface area contributed by atoms with E-state index in [4.69, 9.17) is 19.5 Å². The van der Waals surface area contributed by atoms with Crippen molar-refractivity contribution in [3.63, 3.8) is 0 Å². The Bertz CT molecular complexity index is 1540. The van der Waals surface area contributed by atoms with Gasteiger partial charge in [0.2, 0.25) is 0 Å². The number of carbonyl (C=O) groups excluding carboxylic acids is 1. The molecule has 0 spiro atoms. The number of carbonyl (C=O) groups is 1. The molecule has 1 aromatic heterocycles. The molecule has 1 atom stereocenters. The molecule has 38 heavy (non-hydrogen) atoms. The first kappa shape index (κ1) is 25.1. The second-order valence-corrected chi connectivity index (χ2v) is 8.72. The molecule has 1 aliphatic rings. The summed E-state index contributed by atoms with van der Waals surface area (Å²) in [6, 6.07) is 15.8. The zero-order chi connectivity index (χ0) is 26.5. The van der Waals surface area contributed by atoms with E-state index in [2.05, 4.69) is 4.98 Å². The zero-order valence-electron chi connectivity index (χ0n) is 20.3. The van der Waals surface area contributed by atoms with Crippen molar-refractivity contribution in [2.75, 3.05) is 6.61 Å². The van der Waals surface area contributed by atoms with E-state index in [1.54, 1.807) is 17.0 Å². The van der Waals surface area contributed by atoms with Gasteiger partial charge in [0, 0.05) is 30.4 Å². The summed E-state index contributed by atoms with van der Waals surface area (Å²) in [5.74, 6) is -2.26. The van der Waals surface area contributed by atoms with E-state index in [1.807, 2.05) is 30.3 Å². The number of benzene rings is 3. The molecule has 1 unspecified atom stereocenters. The largest absolute Gasteiger partial charge is 0.458 e. The van der Waals surface area contributed by atoms with Crippen LogP contribution in [0.2, 0.25) is 0 Å². The van der Waals surface area contributed by atoms with Crippen LogP contribution < -0.4 is 4.74 Å². The minimum absolute atomic E-state index is 0.0533. The molecule has 1 fully saturated rings. The van der Waals surface area contributed by atoms with Crippen molar-refractivity contribution in [2.24, 2.45) is 0 Å². The first-order valence-corrected chi connectivity index (χ1v) is 12.1. The van der Waals surface area contributed by atoms with E-state index in [0.717, 1.165) is 30.9 Å². The van der Waals surface area contributed by atoms with Crippen LogP contribution in [0.15, 0.2) is 67.0 Å². The van der Waals surface area contributed by atoms with Crippen molar-refractivity contribution in [2.45, 2.75) is 32.1 Å². The van der Waals surface area contributed by atoms with Crippen molar-refractivity contribution >= 4 is 23.1 Å². The lowest BCUT2D eigenvalue weighted by Crippen LogP contribution is -2.17. The predicted molar refractivity (Wildman–Crippen MR) is 135 cm³/mol. The Morgan fingerprint density at radius 3 is 2.76 bits per heavy atom. The van der Waals surface area contributed by atoms with Crippen molar-refractivity contribution in [3.05, 3.63) is 95.3 Å². The van der Waals surface area contributed by atoms with Gasteiger partial charge in [-0.3, -0.25) is 0 Å². The average molecular weight is 516 g/mol. The Morgan fingerprint density at radius 2 is 2.00 bits per heavy atom. The molecule has 0 saturated carbocycles. The lowest BCUT2D eigenvalue weighted by Gasteiger charge is -2.24. The van der Waals surface area contributed by atoms with Crippen LogP contribution in [-0.4, -0.2) is 22.1 Å². The maximum atomic E-state index is 15.5. The highest BCUT2D eigenvalue weighted by atomic mass is 19.1. The molecule has 5 rings (SSSR count). The van der Waals surface area contributed by atoms with Gasteiger partial charge in [-0.1, -0.05) is 30.3 Å². The van der Waals surface area contributed by atoms with E-state index < -0.39 is 17.6 Å². The number of esters is 1. The van der Waals surface area contributed by atoms with E-state index in [1.165, 1.54) is 30.4 Å². The van der Waals surface area contributed by atoms with Gasteiger partial charge in [-0.05, 0) is 43.0 Å². The van der Waals surface area contributed by atoms with Crippen molar-refractivity contribution in [3.8, 4) is 17.6 Å². The van der Waals surface area contributed by atoms with Gasteiger partial charge in [-0.25, -0.2) is 18.6 Å². The Morgan fingerprint density at radius 1 is 1.16 bits per heavy atom. The number of hydrogen-bond acceptors (Lipinski definition) is 6. The molecule has 2 heterocycles. The van der Waals surface area contributed by atoms with E-state index >= 15 is 4.39 Å². The summed E-state index contributed by atoms with van der Waals surface area (Å²) in [6.45, 7) is 0.673. The second-order valence-electron chi connectivity index (χ2n) is 8.72. The van der Waals surface area contributed by atoms with Crippen LogP contribution in [0.5, 0.6) is 11.5 Å². The van der Waals surface area contributed by atoms with E-state index in [9.17, 15) is 9.18 Å². The molecule has 0 radical (unpaired) electrons. The number of rotatable bonds is 7. The summed E-state index contributed by atoms with van der Waals surface area (Å²) in [7, 11) is 0. The molecule has 9 heteroatoms. The minimum atomic E-state index is -0.727. The molecule has 0 N–H and O–H groups in total. The standard InChI is InChI=1S/C29H23F2N3O4/c30-23-11-9-21(14-20(23)16-32)38-29-22(10-12-27(35)37-17-19-6-2-1-3-7-19)28-25(15-24(29)31)34(18-33-28)26-8-4-5-13-36-26/h1-3,6-7,9-12,14-15,18,26H,4-5,8,13,17H2/b12-10+. The number of aromatic nitrogens is 2. The Hall–Kier alpha value is -4.55. The molecule has 3 aromatic carbocycles. The minimum Gasteiger partial charge on any atom is -0.458 e. The maximum Gasteiger partial charge on any atom is 0.331 e. The highest BCUT2D eigenvalue weighted by Gasteiger charge is 2.23. The second kappa shape index (κ2) is 11.2. The third-order valence-electron chi connectivity index (χ3n) is 6.17. The van der Waals surface area contributed by atoms with Crippen molar-refractivity contribution in [1.82, 2.24) is 9.55 Å². The third-order valence-corrected chi connectivity index (χ3v) is 6.17. The van der Waals surface area contributed by atoms with E-state index in [-0.39, 0.29) is 35.5 Å². The van der Waals surface area contributed by atoms with Crippen LogP contribution in [0.1, 0.15) is 42.2 Å². The summed E-state index contributed by atoms with van der Waals surface area (Å²) in [5.41, 5.74) is 1.61. The monoisotopic (exact) mass is 515 g/mol. The first-order chi connectivity index (χ1) is 18.5. The van der Waals surface area contributed by atoms with Gasteiger partial charge >= 0.3 is 5.97 Å². The van der Waals surface area contributed by atoms with Gasteiger partial charge in [-0.15, -0.1) is 0 Å². The van der Waals surface area contributed by atoms with Gasteiger partial charge in [-0.2, -0.15) is 5.26 Å². The summed E-state index contributed by atoms with van der Waals surface area (Å²) in [5, 5.41) is 9.16. The molecule has 7 nitrogen and oxygen atoms in total. The highest BCUT2D eigenvalue weighted by Crippen LogP contribution is 2.37. The van der Waals surface area contributed by atoms with Gasteiger partial charge in [0.25, 0.3) is 0 Å².